The summed E-state index contributed by atoms with van der Waals surface area (Å²) in [7, 11) is 0. The summed E-state index contributed by atoms with van der Waals surface area (Å²) in [6.07, 6.45) is 0.0584. The number of allylic oxidation sites excluding steroid dienone is 2. The average molecular weight is 279 g/mol. The third kappa shape index (κ3) is 3.78. The van der Waals surface area contributed by atoms with Gasteiger partial charge in [-0.3, -0.25) is 29.8 Å². The maximum Gasteiger partial charge on any atom is 0.255 e. The molecule has 3 N–H and O–H groups in total. The van der Waals surface area contributed by atoms with Gasteiger partial charge in [0.25, 0.3) is 11.8 Å². The summed E-state index contributed by atoms with van der Waals surface area (Å²) in [5.41, 5.74) is 1.72. The van der Waals surface area contributed by atoms with Crippen molar-refractivity contribution in [3.8, 4) is 0 Å². The van der Waals surface area contributed by atoms with Crippen LogP contribution in [0, 0.1) is 0 Å². The number of dihydropyridines is 1. The van der Waals surface area contributed by atoms with Gasteiger partial charge in [-0.05, 0) is 13.8 Å². The van der Waals surface area contributed by atoms with Gasteiger partial charge in [0.2, 0.25) is 11.8 Å². The molecule has 0 aromatic carbocycles. The van der Waals surface area contributed by atoms with Crippen LogP contribution in [0.1, 0.15) is 34.1 Å². The number of carbonyl (C=O) groups is 4. The highest BCUT2D eigenvalue weighted by atomic mass is 16.2. The molecular formula is C13H17N3O4. The lowest BCUT2D eigenvalue weighted by molar-refractivity contribution is -0.128. The zero-order valence-electron chi connectivity index (χ0n) is 11.8. The second kappa shape index (κ2) is 6.14. The molecule has 7 heteroatoms. The first-order chi connectivity index (χ1) is 9.22. The number of rotatable bonds is 2. The highest BCUT2D eigenvalue weighted by Crippen LogP contribution is 2.22. The Hall–Kier alpha value is -2.44. The molecule has 0 atom stereocenters. The number of amides is 4. The van der Waals surface area contributed by atoms with E-state index in [0.717, 1.165) is 0 Å². The fraction of sp³-hybridized carbons (Fsp3) is 0.385. The first kappa shape index (κ1) is 15.6. The smallest absolute Gasteiger partial charge is 0.255 e. The van der Waals surface area contributed by atoms with Gasteiger partial charge < -0.3 is 5.32 Å². The van der Waals surface area contributed by atoms with Crippen molar-refractivity contribution in [3.63, 3.8) is 0 Å². The fourth-order valence-corrected chi connectivity index (χ4v) is 1.85. The predicted molar refractivity (Wildman–Crippen MR) is 70.8 cm³/mol. The van der Waals surface area contributed by atoms with Crippen LogP contribution in [0.4, 0.5) is 0 Å². The fourth-order valence-electron chi connectivity index (χ4n) is 1.85. The quantitative estimate of drug-likeness (QED) is 0.652. The Morgan fingerprint density at radius 1 is 0.850 bits per heavy atom. The van der Waals surface area contributed by atoms with Gasteiger partial charge in [-0.1, -0.05) is 0 Å². The lowest BCUT2D eigenvalue weighted by Crippen LogP contribution is -2.37. The van der Waals surface area contributed by atoms with Crippen molar-refractivity contribution in [1.29, 1.82) is 0 Å². The maximum absolute atomic E-state index is 11.9. The van der Waals surface area contributed by atoms with Crippen molar-refractivity contribution in [3.05, 3.63) is 22.5 Å². The first-order valence-electron chi connectivity index (χ1n) is 6.02. The Bertz CT molecular complexity index is 510. The van der Waals surface area contributed by atoms with Crippen LogP contribution in [0.15, 0.2) is 22.5 Å². The van der Waals surface area contributed by atoms with Gasteiger partial charge in [-0.25, -0.2) is 0 Å². The molecule has 0 aromatic heterocycles. The lowest BCUT2D eigenvalue weighted by atomic mass is 9.97. The van der Waals surface area contributed by atoms with Crippen molar-refractivity contribution in [2.24, 2.45) is 0 Å². The molecule has 1 aliphatic heterocycles. The van der Waals surface area contributed by atoms with E-state index >= 15 is 0 Å². The van der Waals surface area contributed by atoms with Crippen LogP contribution < -0.4 is 16.0 Å². The van der Waals surface area contributed by atoms with Crippen LogP contribution in [0.25, 0.3) is 0 Å². The Kier molecular flexibility index (Phi) is 4.79. The number of carbonyl (C=O) groups excluding carboxylic acids is 4. The van der Waals surface area contributed by atoms with Gasteiger partial charge in [-0.2, -0.15) is 0 Å². The number of nitrogens with one attached hydrogen (secondary N) is 3. The lowest BCUT2D eigenvalue weighted by Gasteiger charge is -2.22. The minimum Gasteiger partial charge on any atom is -0.362 e. The van der Waals surface area contributed by atoms with E-state index in [1.807, 2.05) is 0 Å². The molecule has 0 unspecified atom stereocenters. The second-order valence-corrected chi connectivity index (χ2v) is 4.53. The van der Waals surface area contributed by atoms with Crippen molar-refractivity contribution >= 4 is 23.6 Å². The van der Waals surface area contributed by atoms with Crippen molar-refractivity contribution in [1.82, 2.24) is 16.0 Å². The summed E-state index contributed by atoms with van der Waals surface area (Å²) in [6, 6.07) is 0. The Morgan fingerprint density at radius 2 is 1.20 bits per heavy atom. The molecule has 4 amide bonds. The van der Waals surface area contributed by atoms with Crippen LogP contribution in [0.5, 0.6) is 0 Å². The van der Waals surface area contributed by atoms with Gasteiger partial charge in [-0.15, -0.1) is 0 Å². The van der Waals surface area contributed by atoms with E-state index in [1.54, 1.807) is 13.8 Å². The van der Waals surface area contributed by atoms with Crippen LogP contribution in [0.2, 0.25) is 0 Å². The zero-order chi connectivity index (χ0) is 15.4. The van der Waals surface area contributed by atoms with E-state index in [1.165, 1.54) is 13.8 Å². The standard InChI is InChI=1S/C13H17N3O4/c1-6-10(12(19)15-8(3)17)5-11(7(2)14-6)13(20)16-9(4)18/h14H,5H2,1-4H3,(H,15,17,19)(H,16,18,20). The van der Waals surface area contributed by atoms with E-state index in [4.69, 9.17) is 0 Å². The Labute approximate surface area is 116 Å². The molecule has 0 saturated heterocycles. The maximum atomic E-state index is 11.9. The third-order valence-corrected chi connectivity index (χ3v) is 2.76. The summed E-state index contributed by atoms with van der Waals surface area (Å²) in [4.78, 5) is 45.6. The molecule has 1 heterocycles. The highest BCUT2D eigenvalue weighted by Gasteiger charge is 2.25. The first-order valence-corrected chi connectivity index (χ1v) is 6.02. The van der Waals surface area contributed by atoms with Crippen molar-refractivity contribution < 1.29 is 19.2 Å². The molecule has 0 aliphatic carbocycles. The molecule has 0 bridgehead atoms. The molecule has 0 radical (unpaired) electrons. The van der Waals surface area contributed by atoms with E-state index in [2.05, 4.69) is 16.0 Å². The summed E-state index contributed by atoms with van der Waals surface area (Å²) < 4.78 is 0. The van der Waals surface area contributed by atoms with Gasteiger partial charge in [0, 0.05) is 42.8 Å². The van der Waals surface area contributed by atoms with Crippen LogP contribution in [-0.4, -0.2) is 23.6 Å². The molecule has 0 spiro atoms. The minimum atomic E-state index is -0.553. The van der Waals surface area contributed by atoms with Gasteiger partial charge >= 0.3 is 0 Å². The zero-order valence-corrected chi connectivity index (χ0v) is 11.8. The summed E-state index contributed by atoms with van der Waals surface area (Å²) in [6.45, 7) is 5.82. The van der Waals surface area contributed by atoms with Gasteiger partial charge in [0.05, 0.1) is 0 Å². The van der Waals surface area contributed by atoms with Crippen LogP contribution in [-0.2, 0) is 19.2 Å². The van der Waals surface area contributed by atoms with Crippen LogP contribution >= 0.6 is 0 Å². The van der Waals surface area contributed by atoms with E-state index in [9.17, 15) is 19.2 Å². The largest absolute Gasteiger partial charge is 0.362 e. The Balaban J connectivity index is 2.95. The summed E-state index contributed by atoms with van der Waals surface area (Å²) in [5, 5.41) is 7.22. The van der Waals surface area contributed by atoms with E-state index in [0.29, 0.717) is 22.5 Å². The third-order valence-electron chi connectivity index (χ3n) is 2.76. The molecule has 0 aromatic rings. The SMILES string of the molecule is CC(=O)NC(=O)C1=C(C)NC(C)=C(C(=O)NC(C)=O)C1. The minimum absolute atomic E-state index is 0.0584. The summed E-state index contributed by atoms with van der Waals surface area (Å²) in [5.74, 6) is -2.06. The second-order valence-electron chi connectivity index (χ2n) is 4.53. The van der Waals surface area contributed by atoms with Gasteiger partial charge in [0.15, 0.2) is 0 Å². The van der Waals surface area contributed by atoms with Crippen molar-refractivity contribution in [2.75, 3.05) is 0 Å². The molecule has 20 heavy (non-hydrogen) atoms. The molecule has 0 fully saturated rings. The normalized spacial score (nSPS) is 14.6. The molecule has 0 saturated carbocycles. The number of hydrogen-bond donors (Lipinski definition) is 3. The topological polar surface area (TPSA) is 104 Å². The Morgan fingerprint density at radius 3 is 1.50 bits per heavy atom. The molecule has 1 rings (SSSR count). The van der Waals surface area contributed by atoms with E-state index < -0.39 is 23.6 Å². The monoisotopic (exact) mass is 279 g/mol. The molecule has 108 valence electrons. The molecular weight excluding hydrogens is 262 g/mol. The predicted octanol–water partition coefficient (Wildman–Crippen LogP) is -0.147. The average Bonchev–Trinajstić information content (AvgIpc) is 2.26. The van der Waals surface area contributed by atoms with Gasteiger partial charge in [0.1, 0.15) is 0 Å². The van der Waals surface area contributed by atoms with E-state index in [-0.39, 0.29) is 6.42 Å². The van der Waals surface area contributed by atoms with Crippen LogP contribution in [0.3, 0.4) is 0 Å². The number of hydrogen-bond acceptors (Lipinski definition) is 5. The molecule has 7 nitrogen and oxygen atoms in total. The highest BCUT2D eigenvalue weighted by molar-refractivity contribution is 6.08. The van der Waals surface area contributed by atoms with Crippen molar-refractivity contribution in [2.45, 2.75) is 34.1 Å². The molecule has 1 aliphatic rings. The summed E-state index contributed by atoms with van der Waals surface area (Å²) >= 11 is 0. The number of imide groups is 2.